The number of aryl methyl sites for hydroxylation is 1. The maximum atomic E-state index is 11.9. The zero-order valence-corrected chi connectivity index (χ0v) is 14.0. The van der Waals surface area contributed by atoms with Gasteiger partial charge >= 0.3 is 0 Å². The van der Waals surface area contributed by atoms with E-state index in [0.29, 0.717) is 18.9 Å². The van der Waals surface area contributed by atoms with Crippen LogP contribution in [0.1, 0.15) is 42.4 Å². The zero-order chi connectivity index (χ0) is 16.6. The number of fused-ring (bicyclic) bond motifs is 3. The minimum absolute atomic E-state index is 0.118. The Kier molecular flexibility index (Phi) is 3.76. The highest BCUT2D eigenvalue weighted by molar-refractivity contribution is 5.91. The van der Waals surface area contributed by atoms with Crippen LogP contribution in [0.25, 0.3) is 0 Å². The summed E-state index contributed by atoms with van der Waals surface area (Å²) in [5, 5.41) is 0. The third-order valence-corrected chi connectivity index (χ3v) is 5.52. The molecule has 2 aromatic carbocycles. The highest BCUT2D eigenvalue weighted by Crippen LogP contribution is 2.50. The molecule has 0 aliphatic heterocycles. The second-order valence-electron chi connectivity index (χ2n) is 7.20. The number of ketones is 1. The monoisotopic (exact) mass is 318 g/mol. The Bertz CT molecular complexity index is 791. The van der Waals surface area contributed by atoms with Gasteiger partial charge < -0.3 is 4.74 Å². The van der Waals surface area contributed by atoms with Crippen LogP contribution in [0.2, 0.25) is 0 Å². The van der Waals surface area contributed by atoms with Crippen molar-refractivity contribution in [2.24, 2.45) is 5.41 Å². The van der Waals surface area contributed by atoms with E-state index in [9.17, 15) is 4.79 Å². The largest absolute Gasteiger partial charge is 0.489 e. The van der Waals surface area contributed by atoms with Gasteiger partial charge in [0.25, 0.3) is 0 Å². The van der Waals surface area contributed by atoms with Crippen LogP contribution in [0.15, 0.2) is 60.7 Å². The fraction of sp³-hybridized carbons (Fsp3) is 0.318. The lowest BCUT2D eigenvalue weighted by Crippen LogP contribution is -2.33. The number of rotatable bonds is 3. The molecule has 2 nitrogen and oxygen atoms in total. The number of hydrogen-bond acceptors (Lipinski definition) is 2. The molecular weight excluding hydrogens is 296 g/mol. The van der Waals surface area contributed by atoms with Crippen LogP contribution in [0.3, 0.4) is 0 Å². The first-order chi connectivity index (χ1) is 11.6. The summed E-state index contributed by atoms with van der Waals surface area (Å²) in [6.45, 7) is 2.87. The molecule has 0 aromatic heterocycles. The Morgan fingerprint density at radius 3 is 2.83 bits per heavy atom. The highest BCUT2D eigenvalue weighted by Gasteiger charge is 2.40. The number of carbonyl (C=O) groups is 1. The first-order valence-electron chi connectivity index (χ1n) is 8.66. The molecule has 24 heavy (non-hydrogen) atoms. The summed E-state index contributed by atoms with van der Waals surface area (Å²) in [6.07, 6.45) is 6.68. The van der Waals surface area contributed by atoms with Gasteiger partial charge in [0.1, 0.15) is 12.4 Å². The van der Waals surface area contributed by atoms with Crippen molar-refractivity contribution in [1.29, 1.82) is 0 Å². The molecular formula is C22H22O2. The van der Waals surface area contributed by atoms with E-state index in [4.69, 9.17) is 4.74 Å². The SMILES string of the molecule is C[C@]12C=CC(=O)C[C@H]1c1ccc(OCc3ccccc3)cc1CC2. The van der Waals surface area contributed by atoms with Crippen LogP contribution in [-0.2, 0) is 17.8 Å². The van der Waals surface area contributed by atoms with Gasteiger partial charge in [-0.1, -0.05) is 49.4 Å². The normalized spacial score (nSPS) is 25.0. The van der Waals surface area contributed by atoms with Crippen LogP contribution < -0.4 is 4.74 Å². The molecule has 2 aliphatic rings. The lowest BCUT2D eigenvalue weighted by molar-refractivity contribution is -0.116. The Morgan fingerprint density at radius 1 is 1.17 bits per heavy atom. The maximum absolute atomic E-state index is 11.9. The number of hydrogen-bond donors (Lipinski definition) is 0. The topological polar surface area (TPSA) is 26.3 Å². The van der Waals surface area contributed by atoms with E-state index in [2.05, 4.69) is 43.3 Å². The smallest absolute Gasteiger partial charge is 0.156 e. The lowest BCUT2D eigenvalue weighted by Gasteiger charge is -2.42. The molecule has 0 bridgehead atoms. The van der Waals surface area contributed by atoms with E-state index in [1.807, 2.05) is 18.2 Å². The van der Waals surface area contributed by atoms with Crippen LogP contribution in [0.5, 0.6) is 5.75 Å². The third-order valence-electron chi connectivity index (χ3n) is 5.52. The van der Waals surface area contributed by atoms with E-state index in [-0.39, 0.29) is 11.2 Å². The Labute approximate surface area is 143 Å². The molecule has 0 heterocycles. The molecule has 2 aliphatic carbocycles. The molecule has 0 amide bonds. The second-order valence-corrected chi connectivity index (χ2v) is 7.20. The summed E-state index contributed by atoms with van der Waals surface area (Å²) >= 11 is 0. The van der Waals surface area contributed by atoms with E-state index >= 15 is 0 Å². The van der Waals surface area contributed by atoms with E-state index in [0.717, 1.165) is 18.6 Å². The quantitative estimate of drug-likeness (QED) is 0.810. The molecule has 2 aromatic rings. The van der Waals surface area contributed by atoms with Crippen molar-refractivity contribution < 1.29 is 9.53 Å². The van der Waals surface area contributed by atoms with Gasteiger partial charge in [-0.2, -0.15) is 0 Å². The summed E-state index contributed by atoms with van der Waals surface area (Å²) in [7, 11) is 0. The van der Waals surface area contributed by atoms with Gasteiger partial charge in [-0.3, -0.25) is 4.79 Å². The fourth-order valence-electron chi connectivity index (χ4n) is 4.00. The first-order valence-corrected chi connectivity index (χ1v) is 8.66. The summed E-state index contributed by atoms with van der Waals surface area (Å²) in [5.74, 6) is 1.47. The third kappa shape index (κ3) is 2.77. The molecule has 0 fully saturated rings. The number of allylic oxidation sites excluding steroid dienone is 2. The van der Waals surface area contributed by atoms with Crippen molar-refractivity contribution >= 4 is 5.78 Å². The fourth-order valence-corrected chi connectivity index (χ4v) is 4.00. The molecule has 4 rings (SSSR count). The molecule has 2 atom stereocenters. The van der Waals surface area contributed by atoms with Crippen LogP contribution in [0.4, 0.5) is 0 Å². The Balaban J connectivity index is 1.56. The standard InChI is InChI=1S/C22H22O2/c1-22-11-9-17-13-19(24-15-16-5-3-2-4-6-16)7-8-20(17)21(22)14-18(23)10-12-22/h2-8,10,12-13,21H,9,11,14-15H2,1H3/t21-,22-/m0/s1. The Morgan fingerprint density at radius 2 is 2.00 bits per heavy atom. The van der Waals surface area contributed by atoms with Crippen molar-refractivity contribution in [3.8, 4) is 5.75 Å². The van der Waals surface area contributed by atoms with Crippen molar-refractivity contribution in [2.45, 2.75) is 38.7 Å². The first kappa shape index (κ1) is 15.2. The van der Waals surface area contributed by atoms with Gasteiger partial charge in [-0.25, -0.2) is 0 Å². The highest BCUT2D eigenvalue weighted by atomic mass is 16.5. The molecule has 0 saturated heterocycles. The molecule has 0 unspecified atom stereocenters. The van der Waals surface area contributed by atoms with Crippen molar-refractivity contribution in [3.63, 3.8) is 0 Å². The second kappa shape index (κ2) is 5.94. The lowest BCUT2D eigenvalue weighted by atomic mass is 9.61. The van der Waals surface area contributed by atoms with Gasteiger partial charge in [-0.15, -0.1) is 0 Å². The van der Waals surface area contributed by atoms with Crippen LogP contribution in [0, 0.1) is 5.41 Å². The maximum Gasteiger partial charge on any atom is 0.156 e. The van der Waals surface area contributed by atoms with Crippen molar-refractivity contribution in [1.82, 2.24) is 0 Å². The summed E-state index contributed by atoms with van der Waals surface area (Å²) in [4.78, 5) is 11.9. The van der Waals surface area contributed by atoms with Gasteiger partial charge in [0.2, 0.25) is 0 Å². The van der Waals surface area contributed by atoms with Gasteiger partial charge in [0, 0.05) is 12.3 Å². The molecule has 2 heteroatoms. The van der Waals surface area contributed by atoms with E-state index < -0.39 is 0 Å². The summed E-state index contributed by atoms with van der Waals surface area (Å²) < 4.78 is 5.96. The van der Waals surface area contributed by atoms with E-state index in [1.165, 1.54) is 16.7 Å². The van der Waals surface area contributed by atoms with Crippen LogP contribution in [-0.4, -0.2) is 5.78 Å². The minimum atomic E-state index is 0.118. The average molecular weight is 318 g/mol. The summed E-state index contributed by atoms with van der Waals surface area (Å²) in [5.41, 5.74) is 3.96. The van der Waals surface area contributed by atoms with Gasteiger partial charge in [-0.05, 0) is 53.2 Å². The summed E-state index contributed by atoms with van der Waals surface area (Å²) in [6, 6.07) is 16.6. The number of carbonyl (C=O) groups excluding carboxylic acids is 1. The average Bonchev–Trinajstić information content (AvgIpc) is 2.61. The van der Waals surface area contributed by atoms with Crippen molar-refractivity contribution in [3.05, 3.63) is 77.4 Å². The predicted molar refractivity (Wildman–Crippen MR) is 95.1 cm³/mol. The number of ether oxygens (including phenoxy) is 1. The van der Waals surface area contributed by atoms with Gasteiger partial charge in [0.05, 0.1) is 0 Å². The van der Waals surface area contributed by atoms with Crippen molar-refractivity contribution in [2.75, 3.05) is 0 Å². The van der Waals surface area contributed by atoms with Gasteiger partial charge in [0.15, 0.2) is 5.78 Å². The number of benzene rings is 2. The molecule has 0 N–H and O–H groups in total. The minimum Gasteiger partial charge on any atom is -0.489 e. The zero-order valence-electron chi connectivity index (χ0n) is 14.0. The molecule has 122 valence electrons. The Hall–Kier alpha value is -2.35. The molecule has 0 spiro atoms. The van der Waals surface area contributed by atoms with E-state index in [1.54, 1.807) is 6.08 Å². The van der Waals surface area contributed by atoms with Crippen LogP contribution >= 0.6 is 0 Å². The predicted octanol–water partition coefficient (Wildman–Crippen LogP) is 4.83. The molecule has 0 radical (unpaired) electrons. The molecule has 0 saturated carbocycles.